The number of nitrogens with one attached hydrogen (secondary N) is 1. The number of nitrogens with zero attached hydrogens (tertiary/aromatic N) is 4. The molecule has 0 bridgehead atoms. The van der Waals surface area contributed by atoms with Crippen LogP contribution in [0.5, 0.6) is 0 Å². The minimum atomic E-state index is -0.531. The number of halogens is 1. The van der Waals surface area contributed by atoms with Gasteiger partial charge in [-0.15, -0.1) is 10.2 Å². The highest BCUT2D eigenvalue weighted by Crippen LogP contribution is 2.47. The van der Waals surface area contributed by atoms with Crippen LogP contribution in [0.1, 0.15) is 36.3 Å². The normalized spacial score (nSPS) is 17.3. The number of rotatable bonds is 6. The van der Waals surface area contributed by atoms with E-state index in [-0.39, 0.29) is 23.3 Å². The van der Waals surface area contributed by atoms with Crippen LogP contribution in [0, 0.1) is 24.1 Å². The predicted molar refractivity (Wildman–Crippen MR) is 145 cm³/mol. The zero-order chi connectivity index (χ0) is 26.8. The molecule has 1 aromatic heterocycles. The van der Waals surface area contributed by atoms with Crippen molar-refractivity contribution in [2.24, 2.45) is 5.73 Å². The molecule has 1 atom stereocenters. The van der Waals surface area contributed by atoms with Crippen molar-refractivity contribution in [3.05, 3.63) is 88.1 Å². The number of hydrogen-bond acceptors (Lipinski definition) is 9. The minimum absolute atomic E-state index is 0.00576. The Morgan fingerprint density at radius 1 is 1.26 bits per heavy atom. The number of benzene rings is 2. The molecule has 8 nitrogen and oxygen atoms in total. The molecule has 2 aromatic carbocycles. The van der Waals surface area contributed by atoms with Gasteiger partial charge in [-0.05, 0) is 43.0 Å². The van der Waals surface area contributed by atoms with Crippen molar-refractivity contribution in [1.29, 1.82) is 5.26 Å². The molecule has 3 aromatic rings. The summed E-state index contributed by atoms with van der Waals surface area (Å²) >= 11 is 2.41. The lowest BCUT2D eigenvalue weighted by Gasteiger charge is -2.38. The third-order valence-electron chi connectivity index (χ3n) is 6.43. The lowest BCUT2D eigenvalue weighted by atomic mass is 9.76. The number of carbonyl (C=O) groups excluding carboxylic acids is 2. The van der Waals surface area contributed by atoms with Crippen LogP contribution in [0.3, 0.4) is 0 Å². The second kappa shape index (κ2) is 10.8. The Bertz CT molecular complexity index is 1530. The molecule has 1 aliphatic carbocycles. The van der Waals surface area contributed by atoms with E-state index < -0.39 is 11.7 Å². The Balaban J connectivity index is 1.41. The van der Waals surface area contributed by atoms with E-state index >= 15 is 0 Å². The Morgan fingerprint density at radius 2 is 2.05 bits per heavy atom. The topological polar surface area (TPSA) is 125 Å². The average Bonchev–Trinajstić information content (AvgIpc) is 3.38. The third-order valence-corrected chi connectivity index (χ3v) is 8.48. The van der Waals surface area contributed by atoms with E-state index in [9.17, 15) is 19.2 Å². The fourth-order valence-electron chi connectivity index (χ4n) is 4.68. The molecule has 11 heteroatoms. The molecule has 192 valence electrons. The van der Waals surface area contributed by atoms with Gasteiger partial charge in [-0.3, -0.25) is 14.5 Å². The Morgan fingerprint density at radius 3 is 2.82 bits per heavy atom. The van der Waals surface area contributed by atoms with Gasteiger partial charge in [0.05, 0.1) is 23.3 Å². The summed E-state index contributed by atoms with van der Waals surface area (Å²) in [5.41, 5.74) is 10.2. The molecule has 38 heavy (non-hydrogen) atoms. The van der Waals surface area contributed by atoms with Gasteiger partial charge in [0.15, 0.2) is 10.1 Å². The number of nitriles is 1. The second-order valence-corrected chi connectivity index (χ2v) is 11.1. The summed E-state index contributed by atoms with van der Waals surface area (Å²) < 4.78 is 14.1. The van der Waals surface area contributed by atoms with Gasteiger partial charge in [0.2, 0.25) is 11.0 Å². The highest BCUT2D eigenvalue weighted by Gasteiger charge is 2.41. The molecule has 2 aliphatic rings. The van der Waals surface area contributed by atoms with Gasteiger partial charge in [-0.2, -0.15) is 5.26 Å². The van der Waals surface area contributed by atoms with Crippen LogP contribution < -0.4 is 16.0 Å². The molecule has 0 saturated heterocycles. The number of amides is 1. The standard InChI is InChI=1S/C27H23FN6O2S2/c1-15-10-11-17(28)12-19(15)31-22(36)14-37-27-33-32-26(38-27)34-20-8-5-9-21(35)24(20)23(18(13-29)25(34)30)16-6-3-2-4-7-16/h2-4,6-7,10-12,23H,5,8-9,14,30H2,1H3,(H,31,36). The summed E-state index contributed by atoms with van der Waals surface area (Å²) in [6.07, 6.45) is 1.69. The number of anilines is 2. The number of allylic oxidation sites excluding steroid dienone is 3. The average molecular weight is 547 g/mol. The van der Waals surface area contributed by atoms with E-state index in [0.29, 0.717) is 45.6 Å². The number of Topliss-reactive ketones (excluding diaryl/α,β-unsaturated/α-hetero) is 1. The van der Waals surface area contributed by atoms with E-state index in [4.69, 9.17) is 5.73 Å². The lowest BCUT2D eigenvalue weighted by molar-refractivity contribution is -0.116. The number of nitrogens with two attached hydrogens (primary N) is 1. The molecular formula is C27H23FN6O2S2. The molecule has 0 spiro atoms. The van der Waals surface area contributed by atoms with E-state index in [1.54, 1.807) is 17.9 Å². The van der Waals surface area contributed by atoms with Crippen molar-refractivity contribution < 1.29 is 14.0 Å². The van der Waals surface area contributed by atoms with E-state index in [1.165, 1.54) is 35.2 Å². The summed E-state index contributed by atoms with van der Waals surface area (Å²) in [5, 5.41) is 21.7. The van der Waals surface area contributed by atoms with Crippen molar-refractivity contribution in [2.45, 2.75) is 36.4 Å². The predicted octanol–water partition coefficient (Wildman–Crippen LogP) is 5.02. The number of aromatic nitrogens is 2. The van der Waals surface area contributed by atoms with Crippen LogP contribution in [-0.2, 0) is 9.59 Å². The van der Waals surface area contributed by atoms with Crippen molar-refractivity contribution in [2.75, 3.05) is 16.0 Å². The molecule has 3 N–H and O–H groups in total. The highest BCUT2D eigenvalue weighted by molar-refractivity contribution is 8.01. The van der Waals surface area contributed by atoms with Gasteiger partial charge in [0.1, 0.15) is 11.6 Å². The monoisotopic (exact) mass is 546 g/mol. The molecular weight excluding hydrogens is 523 g/mol. The fraction of sp³-hybridized carbons (Fsp3) is 0.222. The number of thioether (sulfide) groups is 1. The number of ketones is 1. The van der Waals surface area contributed by atoms with Gasteiger partial charge < -0.3 is 11.1 Å². The van der Waals surface area contributed by atoms with Crippen LogP contribution in [0.25, 0.3) is 0 Å². The first-order valence-corrected chi connectivity index (χ1v) is 13.7. The van der Waals surface area contributed by atoms with Crippen LogP contribution in [0.15, 0.2) is 75.5 Å². The molecule has 2 heterocycles. The summed E-state index contributed by atoms with van der Waals surface area (Å²) in [5.74, 6) is -1.01. The molecule has 1 amide bonds. The molecule has 0 radical (unpaired) electrons. The first-order valence-electron chi connectivity index (χ1n) is 11.9. The maximum atomic E-state index is 13.5. The van der Waals surface area contributed by atoms with Crippen LogP contribution >= 0.6 is 23.1 Å². The van der Waals surface area contributed by atoms with Crippen LogP contribution in [-0.4, -0.2) is 27.6 Å². The summed E-state index contributed by atoms with van der Waals surface area (Å²) in [7, 11) is 0. The molecule has 0 saturated carbocycles. The zero-order valence-corrected chi connectivity index (χ0v) is 22.0. The molecule has 1 unspecified atom stereocenters. The molecule has 0 fully saturated rings. The van der Waals surface area contributed by atoms with Crippen LogP contribution in [0.4, 0.5) is 15.2 Å². The van der Waals surface area contributed by atoms with Crippen molar-refractivity contribution in [3.8, 4) is 6.07 Å². The number of hydrogen-bond donors (Lipinski definition) is 2. The largest absolute Gasteiger partial charge is 0.384 e. The summed E-state index contributed by atoms with van der Waals surface area (Å²) in [6.45, 7) is 1.78. The van der Waals surface area contributed by atoms with Gasteiger partial charge in [-0.25, -0.2) is 4.39 Å². The number of aryl methyl sites for hydroxylation is 1. The van der Waals surface area contributed by atoms with Crippen molar-refractivity contribution in [3.63, 3.8) is 0 Å². The lowest BCUT2D eigenvalue weighted by Crippen LogP contribution is -2.38. The minimum Gasteiger partial charge on any atom is -0.384 e. The van der Waals surface area contributed by atoms with Gasteiger partial charge in [0, 0.05) is 23.4 Å². The molecule has 5 rings (SSSR count). The second-order valence-electron chi connectivity index (χ2n) is 8.87. The van der Waals surface area contributed by atoms with Gasteiger partial charge in [-0.1, -0.05) is 59.5 Å². The maximum absolute atomic E-state index is 13.5. The summed E-state index contributed by atoms with van der Waals surface area (Å²) in [6, 6.07) is 15.9. The first kappa shape index (κ1) is 25.6. The van der Waals surface area contributed by atoms with E-state index in [1.807, 2.05) is 30.3 Å². The van der Waals surface area contributed by atoms with Gasteiger partial charge >= 0.3 is 0 Å². The third kappa shape index (κ3) is 4.92. The quantitative estimate of drug-likeness (QED) is 0.413. The fourth-order valence-corrected chi connectivity index (χ4v) is 6.36. The Kier molecular flexibility index (Phi) is 7.26. The highest BCUT2D eigenvalue weighted by atomic mass is 32.2. The summed E-state index contributed by atoms with van der Waals surface area (Å²) in [4.78, 5) is 27.3. The maximum Gasteiger partial charge on any atom is 0.234 e. The Labute approximate surface area is 227 Å². The SMILES string of the molecule is Cc1ccc(F)cc1NC(=O)CSc1nnc(N2C(N)=C(C#N)C(c3ccccc3)C3=C2CCCC3=O)s1. The smallest absolute Gasteiger partial charge is 0.234 e. The van der Waals surface area contributed by atoms with E-state index in [2.05, 4.69) is 21.6 Å². The molecule has 1 aliphatic heterocycles. The Hall–Kier alpha value is -4.01. The first-order chi connectivity index (χ1) is 18.4. The van der Waals surface area contributed by atoms with Crippen LogP contribution in [0.2, 0.25) is 0 Å². The van der Waals surface area contributed by atoms with E-state index in [0.717, 1.165) is 16.8 Å². The van der Waals surface area contributed by atoms with Gasteiger partial charge in [0.25, 0.3) is 0 Å². The van der Waals surface area contributed by atoms with Crippen molar-refractivity contribution >= 4 is 45.6 Å². The zero-order valence-electron chi connectivity index (χ0n) is 20.4. The van der Waals surface area contributed by atoms with Crippen molar-refractivity contribution in [1.82, 2.24) is 10.2 Å². The number of carbonyl (C=O) groups is 2.